The van der Waals surface area contributed by atoms with E-state index in [0.717, 1.165) is 41.7 Å². The number of hydrogen-bond donors (Lipinski definition) is 0. The van der Waals surface area contributed by atoms with Gasteiger partial charge in [-0.25, -0.2) is 0 Å². The number of hydrogen-bond acceptors (Lipinski definition) is 5. The first-order valence-corrected chi connectivity index (χ1v) is 10.0. The molecule has 2 heterocycles. The van der Waals surface area contributed by atoms with Gasteiger partial charge in [-0.15, -0.1) is 10.2 Å². The average Bonchev–Trinajstić information content (AvgIpc) is 2.98. The Kier molecular flexibility index (Phi) is 6.19. The number of aryl methyl sites for hydroxylation is 1. The minimum atomic E-state index is 0.183. The normalized spacial score (nSPS) is 17.3. The molecule has 2 aromatic rings. The maximum atomic E-state index is 12.5. The Bertz CT molecular complexity index is 762. The van der Waals surface area contributed by atoms with Gasteiger partial charge in [-0.1, -0.05) is 23.9 Å². The highest BCUT2D eigenvalue weighted by molar-refractivity contribution is 7.99. The third kappa shape index (κ3) is 4.58. The summed E-state index contributed by atoms with van der Waals surface area (Å²) < 4.78 is 7.69. The van der Waals surface area contributed by atoms with Crippen LogP contribution in [0.25, 0.3) is 0 Å². The summed E-state index contributed by atoms with van der Waals surface area (Å²) in [5.74, 6) is 2.14. The van der Waals surface area contributed by atoms with E-state index in [9.17, 15) is 4.79 Å². The quantitative estimate of drug-likeness (QED) is 0.727. The van der Waals surface area contributed by atoms with Crippen molar-refractivity contribution in [3.05, 3.63) is 35.7 Å². The number of amides is 1. The lowest BCUT2D eigenvalue weighted by Crippen LogP contribution is -2.42. The monoisotopic (exact) mass is 374 g/mol. The van der Waals surface area contributed by atoms with Gasteiger partial charge in [0.25, 0.3) is 0 Å². The molecular weight excluding hydrogens is 348 g/mol. The van der Waals surface area contributed by atoms with Crippen LogP contribution >= 0.6 is 11.8 Å². The third-order valence-electron chi connectivity index (χ3n) is 4.73. The standard InChI is InChI=1S/C19H26N4O2S/c1-14-7-6-9-16(11-14)25-12-17-20-21-19(22(17)3)26-13-18(24)23-10-5-4-8-15(23)2/h6-7,9,11,15H,4-5,8,10,12-13H2,1-3H3. The third-order valence-corrected chi connectivity index (χ3v) is 5.74. The number of ether oxygens (including phenoxy) is 1. The fraction of sp³-hybridized carbons (Fsp3) is 0.526. The van der Waals surface area contributed by atoms with Crippen molar-refractivity contribution in [3.8, 4) is 5.75 Å². The van der Waals surface area contributed by atoms with Crippen LogP contribution in [0.5, 0.6) is 5.75 Å². The van der Waals surface area contributed by atoms with Crippen molar-refractivity contribution in [3.63, 3.8) is 0 Å². The highest BCUT2D eigenvalue weighted by Crippen LogP contribution is 2.21. The van der Waals surface area contributed by atoms with Crippen molar-refractivity contribution in [2.75, 3.05) is 12.3 Å². The molecule has 1 aromatic heterocycles. The molecule has 0 radical (unpaired) electrons. The second-order valence-corrected chi connectivity index (χ2v) is 7.73. The zero-order chi connectivity index (χ0) is 18.5. The Morgan fingerprint density at radius 2 is 2.19 bits per heavy atom. The average molecular weight is 375 g/mol. The molecule has 1 amide bonds. The maximum Gasteiger partial charge on any atom is 0.233 e. The smallest absolute Gasteiger partial charge is 0.233 e. The summed E-state index contributed by atoms with van der Waals surface area (Å²) in [6, 6.07) is 8.26. The molecule has 0 spiro atoms. The van der Waals surface area contributed by atoms with Gasteiger partial charge in [-0.3, -0.25) is 4.79 Å². The van der Waals surface area contributed by atoms with Gasteiger partial charge < -0.3 is 14.2 Å². The van der Waals surface area contributed by atoms with Crippen molar-refractivity contribution in [1.29, 1.82) is 0 Å². The van der Waals surface area contributed by atoms with Gasteiger partial charge in [0.2, 0.25) is 5.91 Å². The molecule has 26 heavy (non-hydrogen) atoms. The SMILES string of the molecule is Cc1cccc(OCc2nnc(SCC(=O)N3CCCCC3C)n2C)c1. The molecule has 1 fully saturated rings. The molecule has 0 N–H and O–H groups in total. The summed E-state index contributed by atoms with van der Waals surface area (Å²) in [6.07, 6.45) is 3.41. The Morgan fingerprint density at radius 3 is 2.96 bits per heavy atom. The van der Waals surface area contributed by atoms with Crippen molar-refractivity contribution >= 4 is 17.7 Å². The fourth-order valence-electron chi connectivity index (χ4n) is 3.13. The summed E-state index contributed by atoms with van der Waals surface area (Å²) in [6.45, 7) is 5.38. The lowest BCUT2D eigenvalue weighted by molar-refractivity contribution is -0.131. The van der Waals surface area contributed by atoms with Crippen LogP contribution < -0.4 is 4.74 Å². The molecule has 0 bridgehead atoms. The first-order chi connectivity index (χ1) is 12.5. The Hall–Kier alpha value is -2.02. The topological polar surface area (TPSA) is 60.3 Å². The van der Waals surface area contributed by atoms with Crippen molar-refractivity contribution < 1.29 is 9.53 Å². The largest absolute Gasteiger partial charge is 0.486 e. The molecule has 1 aliphatic rings. The fourth-order valence-corrected chi connectivity index (χ4v) is 3.94. The highest BCUT2D eigenvalue weighted by Gasteiger charge is 2.23. The van der Waals surface area contributed by atoms with E-state index in [-0.39, 0.29) is 5.91 Å². The van der Waals surface area contributed by atoms with Gasteiger partial charge in [0.05, 0.1) is 5.75 Å². The van der Waals surface area contributed by atoms with Crippen LogP contribution in [-0.2, 0) is 18.4 Å². The van der Waals surface area contributed by atoms with Gasteiger partial charge >= 0.3 is 0 Å². The van der Waals surface area contributed by atoms with Crippen molar-refractivity contribution in [2.45, 2.75) is 50.9 Å². The van der Waals surface area contributed by atoms with E-state index in [0.29, 0.717) is 18.4 Å². The molecule has 7 heteroatoms. The van der Waals surface area contributed by atoms with Crippen LogP contribution in [0.15, 0.2) is 29.4 Å². The van der Waals surface area contributed by atoms with Crippen LogP contribution in [0, 0.1) is 6.92 Å². The molecule has 6 nitrogen and oxygen atoms in total. The van der Waals surface area contributed by atoms with Crippen LogP contribution in [-0.4, -0.2) is 43.9 Å². The number of nitrogens with zero attached hydrogens (tertiary/aromatic N) is 4. The first-order valence-electron chi connectivity index (χ1n) is 9.04. The summed E-state index contributed by atoms with van der Waals surface area (Å²) in [5, 5.41) is 9.15. The molecule has 1 unspecified atom stereocenters. The van der Waals surface area contributed by atoms with E-state index in [2.05, 4.69) is 17.1 Å². The number of thioether (sulfide) groups is 1. The lowest BCUT2D eigenvalue weighted by atomic mass is 10.0. The number of carbonyl (C=O) groups is 1. The number of piperidine rings is 1. The molecule has 1 saturated heterocycles. The number of carbonyl (C=O) groups excluding carboxylic acids is 1. The molecular formula is C19H26N4O2S. The second kappa shape index (κ2) is 8.58. The first kappa shape index (κ1) is 18.8. The van der Waals surface area contributed by atoms with Crippen LogP contribution in [0.2, 0.25) is 0 Å². The predicted molar refractivity (Wildman–Crippen MR) is 102 cm³/mol. The Balaban J connectivity index is 1.54. The van der Waals surface area contributed by atoms with E-state index >= 15 is 0 Å². The van der Waals surface area contributed by atoms with Gasteiger partial charge in [0.15, 0.2) is 11.0 Å². The molecule has 3 rings (SSSR count). The number of rotatable bonds is 6. The van der Waals surface area contributed by atoms with Crippen LogP contribution in [0.3, 0.4) is 0 Å². The van der Waals surface area contributed by atoms with Crippen LogP contribution in [0.4, 0.5) is 0 Å². The van der Waals surface area contributed by atoms with Crippen molar-refractivity contribution in [1.82, 2.24) is 19.7 Å². The minimum absolute atomic E-state index is 0.183. The molecule has 1 aromatic carbocycles. The molecule has 1 aliphatic heterocycles. The van der Waals surface area contributed by atoms with Crippen LogP contribution in [0.1, 0.15) is 37.6 Å². The maximum absolute atomic E-state index is 12.5. The molecule has 0 saturated carbocycles. The van der Waals surface area contributed by atoms with Gasteiger partial charge in [0, 0.05) is 19.6 Å². The van der Waals surface area contributed by atoms with E-state index in [1.807, 2.05) is 47.7 Å². The molecule has 140 valence electrons. The Morgan fingerprint density at radius 1 is 1.35 bits per heavy atom. The zero-order valence-corrected chi connectivity index (χ0v) is 16.5. The number of aromatic nitrogens is 3. The van der Waals surface area contributed by atoms with E-state index in [1.54, 1.807) is 0 Å². The second-order valence-electron chi connectivity index (χ2n) is 6.78. The summed E-state index contributed by atoms with van der Waals surface area (Å²) in [7, 11) is 1.91. The zero-order valence-electron chi connectivity index (χ0n) is 15.6. The van der Waals surface area contributed by atoms with Gasteiger partial charge in [-0.05, 0) is 50.8 Å². The van der Waals surface area contributed by atoms with E-state index < -0.39 is 0 Å². The molecule has 1 atom stereocenters. The number of benzene rings is 1. The summed E-state index contributed by atoms with van der Waals surface area (Å²) in [4.78, 5) is 14.5. The Labute approximate surface area is 158 Å². The lowest BCUT2D eigenvalue weighted by Gasteiger charge is -2.33. The minimum Gasteiger partial charge on any atom is -0.486 e. The summed E-state index contributed by atoms with van der Waals surface area (Å²) >= 11 is 1.44. The van der Waals surface area contributed by atoms with Gasteiger partial charge in [-0.2, -0.15) is 0 Å². The number of likely N-dealkylation sites (tertiary alicyclic amines) is 1. The molecule has 0 aliphatic carbocycles. The predicted octanol–water partition coefficient (Wildman–Crippen LogP) is 3.20. The van der Waals surface area contributed by atoms with E-state index in [1.165, 1.54) is 18.2 Å². The summed E-state index contributed by atoms with van der Waals surface area (Å²) in [5.41, 5.74) is 1.15. The van der Waals surface area contributed by atoms with Gasteiger partial charge in [0.1, 0.15) is 12.4 Å². The van der Waals surface area contributed by atoms with E-state index in [4.69, 9.17) is 4.74 Å². The van der Waals surface area contributed by atoms with Crippen molar-refractivity contribution in [2.24, 2.45) is 7.05 Å². The highest BCUT2D eigenvalue weighted by atomic mass is 32.2.